The number of nitrogens with one attached hydrogen (secondary N) is 1. The molecule has 76 valence electrons. The van der Waals surface area contributed by atoms with Crippen LogP contribution in [0.15, 0.2) is 60.7 Å². The largest absolute Gasteiger partial charge is 0.626 e. The van der Waals surface area contributed by atoms with E-state index in [2.05, 4.69) is 55.2 Å². The van der Waals surface area contributed by atoms with Crippen LogP contribution in [0.4, 0.5) is 0 Å². The Hall–Kier alpha value is -2.09. The highest BCUT2D eigenvalue weighted by atomic mass is 16.4. The van der Waals surface area contributed by atoms with E-state index < -0.39 is 0 Å². The quantitative estimate of drug-likeness (QED) is 0.423. The van der Waals surface area contributed by atoms with Crippen LogP contribution in [-0.4, -0.2) is 6.72 Å². The maximum Gasteiger partial charge on any atom is 0.136 e. The Morgan fingerprint density at radius 1 is 0.733 bits per heavy atom. The van der Waals surface area contributed by atoms with Crippen LogP contribution in [0.25, 0.3) is 11.1 Å². The van der Waals surface area contributed by atoms with Gasteiger partial charge in [-0.3, -0.25) is 0 Å². The van der Waals surface area contributed by atoms with Gasteiger partial charge in [-0.1, -0.05) is 60.7 Å². The van der Waals surface area contributed by atoms with Crippen LogP contribution < -0.4 is 5.16 Å². The summed E-state index contributed by atoms with van der Waals surface area (Å²) in [5.41, 5.74) is 2.55. The van der Waals surface area contributed by atoms with E-state index in [-0.39, 0.29) is 0 Å². The van der Waals surface area contributed by atoms with Crippen LogP contribution in [0.1, 0.15) is 0 Å². The molecule has 0 unspecified atom stereocenters. The highest BCUT2D eigenvalue weighted by Crippen LogP contribution is 2.17. The second kappa shape index (κ2) is 6.38. The molecule has 0 bridgehead atoms. The first kappa shape index (κ1) is 11.0. The van der Waals surface area contributed by atoms with Gasteiger partial charge < -0.3 is 5.21 Å². The summed E-state index contributed by atoms with van der Waals surface area (Å²) in [6.07, 6.45) is 0. The SMILES string of the molecule is C=[NH+][O-].c1ccc(-c2ccccc2)cc1. The van der Waals surface area contributed by atoms with Crippen LogP contribution in [0.5, 0.6) is 0 Å². The first-order chi connectivity index (χ1) is 7.38. The second-order valence-corrected chi connectivity index (χ2v) is 2.88. The van der Waals surface area contributed by atoms with Crippen molar-refractivity contribution in [2.75, 3.05) is 0 Å². The zero-order valence-electron chi connectivity index (χ0n) is 8.39. The number of benzene rings is 2. The van der Waals surface area contributed by atoms with E-state index in [1.54, 1.807) is 0 Å². The lowest BCUT2D eigenvalue weighted by molar-refractivity contribution is -0.361. The van der Waals surface area contributed by atoms with Crippen LogP contribution >= 0.6 is 0 Å². The average Bonchev–Trinajstić information content (AvgIpc) is 2.32. The third-order valence-electron chi connectivity index (χ3n) is 1.88. The van der Waals surface area contributed by atoms with Crippen molar-refractivity contribution in [3.63, 3.8) is 0 Å². The van der Waals surface area contributed by atoms with Gasteiger partial charge in [0.15, 0.2) is 0 Å². The third-order valence-corrected chi connectivity index (χ3v) is 1.88. The van der Waals surface area contributed by atoms with Crippen molar-refractivity contribution in [2.24, 2.45) is 0 Å². The van der Waals surface area contributed by atoms with E-state index in [1.807, 2.05) is 12.1 Å². The van der Waals surface area contributed by atoms with Gasteiger partial charge in [0.2, 0.25) is 0 Å². The molecule has 0 aromatic heterocycles. The van der Waals surface area contributed by atoms with Crippen LogP contribution in [0.2, 0.25) is 0 Å². The smallest absolute Gasteiger partial charge is 0.136 e. The molecule has 0 saturated heterocycles. The van der Waals surface area contributed by atoms with Gasteiger partial charge in [-0.2, -0.15) is 0 Å². The second-order valence-electron chi connectivity index (χ2n) is 2.88. The minimum Gasteiger partial charge on any atom is -0.626 e. The number of hydrogen-bond acceptors (Lipinski definition) is 1. The van der Waals surface area contributed by atoms with Gasteiger partial charge in [-0.25, -0.2) is 5.16 Å². The van der Waals surface area contributed by atoms with Crippen LogP contribution in [0.3, 0.4) is 0 Å². The summed E-state index contributed by atoms with van der Waals surface area (Å²) in [4.78, 5) is 0. The van der Waals surface area contributed by atoms with E-state index >= 15 is 0 Å². The molecule has 0 fully saturated rings. The minimum atomic E-state index is 1.25. The number of hydrogen-bond donors (Lipinski definition) is 1. The molecule has 0 saturated carbocycles. The van der Waals surface area contributed by atoms with Crippen molar-refractivity contribution >= 4 is 6.72 Å². The Morgan fingerprint density at radius 2 is 1.00 bits per heavy atom. The molecule has 0 amide bonds. The van der Waals surface area contributed by atoms with Crippen LogP contribution in [0, 0.1) is 5.21 Å². The lowest BCUT2D eigenvalue weighted by Gasteiger charge is -1.98. The van der Waals surface area contributed by atoms with Gasteiger partial charge in [-0.15, -0.1) is 0 Å². The fourth-order valence-electron chi connectivity index (χ4n) is 1.26. The van der Waals surface area contributed by atoms with Crippen molar-refractivity contribution in [1.82, 2.24) is 0 Å². The van der Waals surface area contributed by atoms with E-state index in [1.165, 1.54) is 16.3 Å². The zero-order chi connectivity index (χ0) is 10.9. The minimum absolute atomic E-state index is 1.25. The molecule has 2 heteroatoms. The maximum atomic E-state index is 8.57. The molecule has 2 aromatic carbocycles. The molecule has 0 spiro atoms. The van der Waals surface area contributed by atoms with E-state index in [0.717, 1.165) is 0 Å². The fraction of sp³-hybridized carbons (Fsp3) is 0. The van der Waals surface area contributed by atoms with Crippen molar-refractivity contribution < 1.29 is 5.16 Å². The Bertz CT molecular complexity index is 346. The lowest BCUT2D eigenvalue weighted by atomic mass is 10.1. The standard InChI is InChI=1S/C12H10.CH3NO/c1-3-7-11(8-4-1)12-9-5-2-6-10-12;1-2-3/h1-10H;2H,1H2. The highest BCUT2D eigenvalue weighted by Gasteiger charge is 1.91. The van der Waals surface area contributed by atoms with Gasteiger partial charge in [-0.05, 0) is 11.1 Å². The fourth-order valence-corrected chi connectivity index (χ4v) is 1.26. The lowest BCUT2D eigenvalue weighted by Crippen LogP contribution is -2.56. The van der Waals surface area contributed by atoms with Gasteiger partial charge in [0.05, 0.1) is 0 Å². The number of rotatable bonds is 1. The molecular weight excluding hydrogens is 186 g/mol. The summed E-state index contributed by atoms with van der Waals surface area (Å²) in [5.74, 6) is 0. The summed E-state index contributed by atoms with van der Waals surface area (Å²) >= 11 is 0. The predicted octanol–water partition coefficient (Wildman–Crippen LogP) is 1.62. The molecule has 0 aliphatic carbocycles. The summed E-state index contributed by atoms with van der Waals surface area (Å²) in [5, 5.41) is 9.82. The van der Waals surface area contributed by atoms with E-state index in [0.29, 0.717) is 0 Å². The summed E-state index contributed by atoms with van der Waals surface area (Å²) in [6, 6.07) is 20.8. The topological polar surface area (TPSA) is 37.0 Å². The molecule has 1 N–H and O–H groups in total. The Morgan fingerprint density at radius 3 is 1.27 bits per heavy atom. The van der Waals surface area contributed by atoms with Crippen molar-refractivity contribution in [3.8, 4) is 11.1 Å². The van der Waals surface area contributed by atoms with Gasteiger partial charge in [0.1, 0.15) is 6.72 Å². The highest BCUT2D eigenvalue weighted by molar-refractivity contribution is 5.62. The van der Waals surface area contributed by atoms with Gasteiger partial charge in [0.25, 0.3) is 0 Å². The molecule has 2 aromatic rings. The normalized spacial score (nSPS) is 8.53. The Balaban J connectivity index is 0.000000337. The molecule has 0 atom stereocenters. The molecule has 2 nitrogen and oxygen atoms in total. The van der Waals surface area contributed by atoms with E-state index in [4.69, 9.17) is 5.21 Å². The zero-order valence-corrected chi connectivity index (χ0v) is 8.39. The first-order valence-corrected chi connectivity index (χ1v) is 4.63. The van der Waals surface area contributed by atoms with Crippen molar-refractivity contribution in [3.05, 3.63) is 65.9 Å². The van der Waals surface area contributed by atoms with Gasteiger partial charge >= 0.3 is 0 Å². The molecule has 0 aliphatic heterocycles. The monoisotopic (exact) mass is 199 g/mol. The van der Waals surface area contributed by atoms with Crippen molar-refractivity contribution in [2.45, 2.75) is 0 Å². The molecule has 2 rings (SSSR count). The van der Waals surface area contributed by atoms with Crippen molar-refractivity contribution in [1.29, 1.82) is 0 Å². The third kappa shape index (κ3) is 3.65. The molecule has 0 aliphatic rings. The predicted molar refractivity (Wildman–Crippen MR) is 63.3 cm³/mol. The molecule has 15 heavy (non-hydrogen) atoms. The van der Waals surface area contributed by atoms with Crippen LogP contribution in [-0.2, 0) is 0 Å². The van der Waals surface area contributed by atoms with E-state index in [9.17, 15) is 0 Å². The molecule has 0 heterocycles. The Kier molecular flexibility index (Phi) is 4.67. The maximum absolute atomic E-state index is 8.57. The average molecular weight is 199 g/mol. The van der Waals surface area contributed by atoms with Gasteiger partial charge in [0, 0.05) is 0 Å². The summed E-state index contributed by atoms with van der Waals surface area (Å²) in [7, 11) is 0. The molecule has 0 radical (unpaired) electrons. The summed E-state index contributed by atoms with van der Waals surface area (Å²) < 4.78 is 0. The first-order valence-electron chi connectivity index (χ1n) is 4.63. The summed E-state index contributed by atoms with van der Waals surface area (Å²) in [6.45, 7) is 2.68. The molecular formula is C13H13NO. The Labute approximate surface area is 89.5 Å².